The number of carboxylic acid groups (broad SMARTS) is 1. The average molecular weight is 312 g/mol. The minimum Gasteiger partial charge on any atom is -0.479 e. The fraction of sp³-hybridized carbons (Fsp3) is 0.133. The Hall–Kier alpha value is -2.54. The van der Waals surface area contributed by atoms with Gasteiger partial charge in [0, 0.05) is 0 Å². The molecule has 0 aromatic heterocycles. The van der Waals surface area contributed by atoms with Crippen LogP contribution in [0.5, 0.6) is 5.75 Å². The SMILES string of the molecule is O=C(O)[C@H](O)c1cccc(-c2cccc(OC(F)(F)F)c2)c1. The molecule has 0 saturated heterocycles. The number of aliphatic hydroxyl groups is 1. The number of hydrogen-bond donors (Lipinski definition) is 2. The van der Waals surface area contributed by atoms with Gasteiger partial charge >= 0.3 is 12.3 Å². The van der Waals surface area contributed by atoms with Crippen LogP contribution < -0.4 is 4.74 Å². The van der Waals surface area contributed by atoms with Gasteiger partial charge in [-0.05, 0) is 34.9 Å². The van der Waals surface area contributed by atoms with Gasteiger partial charge in [0.1, 0.15) is 5.75 Å². The number of hydrogen-bond acceptors (Lipinski definition) is 3. The Bertz CT molecular complexity index is 682. The van der Waals surface area contributed by atoms with Crippen LogP contribution in [0.25, 0.3) is 11.1 Å². The summed E-state index contributed by atoms with van der Waals surface area (Å²) < 4.78 is 40.5. The highest BCUT2D eigenvalue weighted by molar-refractivity contribution is 5.75. The van der Waals surface area contributed by atoms with Crippen LogP contribution in [0.2, 0.25) is 0 Å². The lowest BCUT2D eigenvalue weighted by atomic mass is 10.0. The van der Waals surface area contributed by atoms with Crippen molar-refractivity contribution in [2.24, 2.45) is 0 Å². The van der Waals surface area contributed by atoms with E-state index < -0.39 is 18.4 Å². The van der Waals surface area contributed by atoms with Crippen LogP contribution in [0.1, 0.15) is 11.7 Å². The Morgan fingerprint density at radius 1 is 1.05 bits per heavy atom. The summed E-state index contributed by atoms with van der Waals surface area (Å²) in [6, 6.07) is 11.2. The van der Waals surface area contributed by atoms with Gasteiger partial charge < -0.3 is 14.9 Å². The Labute approximate surface area is 123 Å². The van der Waals surface area contributed by atoms with Crippen LogP contribution in [-0.2, 0) is 4.79 Å². The van der Waals surface area contributed by atoms with Crippen LogP contribution in [0, 0.1) is 0 Å². The molecule has 0 radical (unpaired) electrons. The third kappa shape index (κ3) is 3.98. The van der Waals surface area contributed by atoms with Gasteiger partial charge in [-0.1, -0.05) is 30.3 Å². The minimum atomic E-state index is -4.79. The monoisotopic (exact) mass is 312 g/mol. The Morgan fingerprint density at radius 2 is 1.64 bits per heavy atom. The molecule has 1 atom stereocenters. The van der Waals surface area contributed by atoms with Crippen molar-refractivity contribution in [3.63, 3.8) is 0 Å². The molecule has 0 bridgehead atoms. The summed E-state index contributed by atoms with van der Waals surface area (Å²) in [5, 5.41) is 18.3. The second kappa shape index (κ2) is 6.07. The van der Waals surface area contributed by atoms with Gasteiger partial charge in [-0.15, -0.1) is 13.2 Å². The zero-order valence-corrected chi connectivity index (χ0v) is 11.0. The Balaban J connectivity index is 2.34. The number of aliphatic hydroxyl groups excluding tert-OH is 1. The van der Waals surface area contributed by atoms with Gasteiger partial charge in [0.05, 0.1) is 0 Å². The zero-order chi connectivity index (χ0) is 16.3. The van der Waals surface area contributed by atoms with Crippen molar-refractivity contribution in [2.75, 3.05) is 0 Å². The second-order valence-corrected chi connectivity index (χ2v) is 4.44. The molecule has 0 aliphatic heterocycles. The molecular weight excluding hydrogens is 301 g/mol. The number of ether oxygens (including phenoxy) is 1. The second-order valence-electron chi connectivity index (χ2n) is 4.44. The van der Waals surface area contributed by atoms with Gasteiger partial charge in [0.25, 0.3) is 0 Å². The summed E-state index contributed by atoms with van der Waals surface area (Å²) in [6.45, 7) is 0. The lowest BCUT2D eigenvalue weighted by Crippen LogP contribution is -2.17. The molecule has 7 heteroatoms. The predicted octanol–water partition coefficient (Wildman–Crippen LogP) is 3.37. The van der Waals surface area contributed by atoms with Crippen molar-refractivity contribution in [2.45, 2.75) is 12.5 Å². The lowest BCUT2D eigenvalue weighted by molar-refractivity contribution is -0.274. The topological polar surface area (TPSA) is 66.8 Å². The van der Waals surface area contributed by atoms with E-state index in [2.05, 4.69) is 4.74 Å². The van der Waals surface area contributed by atoms with Crippen LogP contribution in [0.3, 0.4) is 0 Å². The van der Waals surface area contributed by atoms with Crippen LogP contribution in [0.15, 0.2) is 48.5 Å². The van der Waals surface area contributed by atoms with Gasteiger partial charge in [-0.25, -0.2) is 4.79 Å². The largest absolute Gasteiger partial charge is 0.573 e. The highest BCUT2D eigenvalue weighted by Gasteiger charge is 2.31. The molecule has 2 aromatic rings. The van der Waals surface area contributed by atoms with E-state index >= 15 is 0 Å². The van der Waals surface area contributed by atoms with Crippen molar-refractivity contribution in [3.8, 4) is 16.9 Å². The highest BCUT2D eigenvalue weighted by Crippen LogP contribution is 2.29. The van der Waals surface area contributed by atoms with Gasteiger partial charge in [-0.3, -0.25) is 0 Å². The maximum absolute atomic E-state index is 12.2. The molecule has 0 spiro atoms. The number of rotatable bonds is 4. The van der Waals surface area contributed by atoms with Crippen LogP contribution >= 0.6 is 0 Å². The quantitative estimate of drug-likeness (QED) is 0.908. The van der Waals surface area contributed by atoms with E-state index in [-0.39, 0.29) is 11.3 Å². The first-order valence-electron chi connectivity index (χ1n) is 6.13. The van der Waals surface area contributed by atoms with E-state index in [1.807, 2.05) is 0 Å². The number of halogens is 3. The molecule has 116 valence electrons. The summed E-state index contributed by atoms with van der Waals surface area (Å²) in [7, 11) is 0. The lowest BCUT2D eigenvalue weighted by Gasteiger charge is -2.11. The molecule has 0 saturated carbocycles. The summed E-state index contributed by atoms with van der Waals surface area (Å²) in [5.74, 6) is -1.79. The van der Waals surface area contributed by atoms with Crippen molar-refractivity contribution in [1.82, 2.24) is 0 Å². The van der Waals surface area contributed by atoms with E-state index in [9.17, 15) is 23.1 Å². The number of carbonyl (C=O) groups is 1. The molecule has 0 fully saturated rings. The Morgan fingerprint density at radius 3 is 2.23 bits per heavy atom. The summed E-state index contributed by atoms with van der Waals surface area (Å²) in [6.07, 6.45) is -6.49. The molecule has 0 aliphatic rings. The molecule has 22 heavy (non-hydrogen) atoms. The van der Waals surface area contributed by atoms with Gasteiger partial charge in [0.2, 0.25) is 0 Å². The average Bonchev–Trinajstić information content (AvgIpc) is 2.45. The van der Waals surface area contributed by atoms with E-state index in [0.717, 1.165) is 6.07 Å². The molecule has 0 amide bonds. The third-order valence-corrected chi connectivity index (χ3v) is 2.84. The summed E-state index contributed by atoms with van der Waals surface area (Å²) in [5.41, 5.74) is 0.999. The highest BCUT2D eigenvalue weighted by atomic mass is 19.4. The first-order valence-corrected chi connectivity index (χ1v) is 6.13. The van der Waals surface area contributed by atoms with Crippen molar-refractivity contribution in [3.05, 3.63) is 54.1 Å². The van der Waals surface area contributed by atoms with E-state index in [1.165, 1.54) is 30.3 Å². The molecule has 2 N–H and O–H groups in total. The maximum Gasteiger partial charge on any atom is 0.573 e. The van der Waals surface area contributed by atoms with Crippen LogP contribution in [0.4, 0.5) is 13.2 Å². The fourth-order valence-electron chi connectivity index (χ4n) is 1.90. The number of carboxylic acids is 1. The molecule has 0 aliphatic carbocycles. The normalized spacial score (nSPS) is 12.7. The standard InChI is InChI=1S/C15H11F3O4/c16-15(17,18)22-12-6-2-4-10(8-12)9-3-1-5-11(7-9)13(19)14(20)21/h1-8,13,19H,(H,20,21)/t13-/m1/s1. The molecular formula is C15H11F3O4. The van der Waals surface area contributed by atoms with E-state index in [1.54, 1.807) is 12.1 Å². The predicted molar refractivity (Wildman–Crippen MR) is 71.2 cm³/mol. The third-order valence-electron chi connectivity index (χ3n) is 2.84. The fourth-order valence-corrected chi connectivity index (χ4v) is 1.90. The van der Waals surface area contributed by atoms with E-state index in [0.29, 0.717) is 11.1 Å². The summed E-state index contributed by atoms with van der Waals surface area (Å²) in [4.78, 5) is 10.8. The number of aliphatic carboxylic acids is 1. The van der Waals surface area contributed by atoms with Gasteiger partial charge in [-0.2, -0.15) is 0 Å². The van der Waals surface area contributed by atoms with Crippen LogP contribution in [-0.4, -0.2) is 22.5 Å². The van der Waals surface area contributed by atoms with E-state index in [4.69, 9.17) is 5.11 Å². The molecule has 2 aromatic carbocycles. The smallest absolute Gasteiger partial charge is 0.479 e. The van der Waals surface area contributed by atoms with Gasteiger partial charge in [0.15, 0.2) is 6.10 Å². The maximum atomic E-state index is 12.2. The first kappa shape index (κ1) is 15.8. The first-order chi connectivity index (χ1) is 10.3. The molecule has 2 rings (SSSR count). The van der Waals surface area contributed by atoms with Crippen molar-refractivity contribution >= 4 is 5.97 Å². The summed E-state index contributed by atoms with van der Waals surface area (Å²) >= 11 is 0. The Kier molecular flexibility index (Phi) is 4.37. The minimum absolute atomic E-state index is 0.132. The molecule has 0 heterocycles. The zero-order valence-electron chi connectivity index (χ0n) is 11.0. The molecule has 4 nitrogen and oxygen atoms in total. The number of benzene rings is 2. The number of alkyl halides is 3. The van der Waals surface area contributed by atoms with Crippen molar-refractivity contribution in [1.29, 1.82) is 0 Å². The molecule has 0 unspecified atom stereocenters. The van der Waals surface area contributed by atoms with Crippen molar-refractivity contribution < 1.29 is 32.9 Å².